The molecule has 92 heavy (non-hydrogen) atoms. The molecule has 0 nitrogen and oxygen atoms in total. The summed E-state index contributed by atoms with van der Waals surface area (Å²) >= 11 is 0. The Bertz CT molecular complexity index is 1750. The van der Waals surface area contributed by atoms with Crippen molar-refractivity contribution in [1.29, 1.82) is 0 Å². The topological polar surface area (TPSA) is 0 Å². The van der Waals surface area contributed by atoms with Crippen molar-refractivity contribution < 1.29 is 2.74 Å². The minimum atomic E-state index is -0.0712. The van der Waals surface area contributed by atoms with Gasteiger partial charge >= 0.3 is 0 Å². The predicted octanol–water partition coefficient (Wildman–Crippen LogP) is 32.1. The van der Waals surface area contributed by atoms with E-state index in [9.17, 15) is 0 Å². The number of benzene rings is 1. The average molecular weight is 1290 g/mol. The molecule has 11 aliphatic rings. The quantitative estimate of drug-likeness (QED) is 0.205. The van der Waals surface area contributed by atoms with Crippen LogP contribution in [0.1, 0.15) is 437 Å². The Morgan fingerprint density at radius 3 is 0.837 bits per heavy atom. The zero-order valence-corrected chi connectivity index (χ0v) is 68.0. The van der Waals surface area contributed by atoms with Crippen molar-refractivity contribution in [2.45, 2.75) is 435 Å². The Balaban J connectivity index is 0.000000524. The van der Waals surface area contributed by atoms with Crippen LogP contribution in [0.3, 0.4) is 0 Å². The van der Waals surface area contributed by atoms with Gasteiger partial charge < -0.3 is 0 Å². The van der Waals surface area contributed by atoms with E-state index in [-0.39, 0.29) is 12.3 Å². The number of hydrogen-bond acceptors (Lipinski definition) is 0. The van der Waals surface area contributed by atoms with Crippen molar-refractivity contribution in [2.24, 2.45) is 117 Å². The van der Waals surface area contributed by atoms with Gasteiger partial charge in [-0.05, 0) is 181 Å². The minimum absolute atomic E-state index is 0.0712. The fraction of sp³-hybridized carbons (Fsp3) is 0.935. The third kappa shape index (κ3) is 40.3. The van der Waals surface area contributed by atoms with Crippen LogP contribution in [0.25, 0.3) is 0 Å². The van der Waals surface area contributed by atoms with Gasteiger partial charge in [-0.15, -0.1) is 0 Å². The normalized spacial score (nSPS) is 25.7. The molecule has 1 aromatic rings. The molecule has 0 amide bonds. The Kier molecular flexibility index (Phi) is 49.4. The molecular formula is C92H178. The van der Waals surface area contributed by atoms with E-state index in [1.54, 1.807) is 38.5 Å². The van der Waals surface area contributed by atoms with Gasteiger partial charge in [0.15, 0.2) is 0 Å². The largest absolute Gasteiger partial charge is 0.0656 e. The van der Waals surface area contributed by atoms with Crippen LogP contribution in [0, 0.1) is 117 Å². The van der Waals surface area contributed by atoms with E-state index in [1.165, 1.54) is 224 Å². The number of hydrogen-bond donors (Lipinski definition) is 0. The van der Waals surface area contributed by atoms with Crippen molar-refractivity contribution in [1.82, 2.24) is 0 Å². The molecule has 0 N–H and O–H groups in total. The first-order chi connectivity index (χ1) is 44.4. The van der Waals surface area contributed by atoms with Crippen molar-refractivity contribution in [3.63, 3.8) is 0 Å². The molecule has 1 aromatic carbocycles. The van der Waals surface area contributed by atoms with Gasteiger partial charge in [-0.1, -0.05) is 408 Å². The summed E-state index contributed by atoms with van der Waals surface area (Å²) in [6.07, 6.45) is 61.4. The second-order valence-electron chi connectivity index (χ2n) is 36.4. The summed E-state index contributed by atoms with van der Waals surface area (Å²) in [5.74, 6) is 16.4. The monoisotopic (exact) mass is 1290 g/mol. The van der Waals surface area contributed by atoms with E-state index in [0.29, 0.717) is 11.3 Å². The van der Waals surface area contributed by atoms with Crippen molar-refractivity contribution in [2.75, 3.05) is 0 Å². The summed E-state index contributed by atoms with van der Waals surface area (Å²) < 4.78 is 14.7. The van der Waals surface area contributed by atoms with E-state index >= 15 is 0 Å². The average Bonchev–Trinajstić information content (AvgIpc) is 0.878. The smallest absolute Gasteiger partial charge is 0.0305 e. The summed E-state index contributed by atoms with van der Waals surface area (Å²) in [6.45, 7) is 52.4. The molecule has 11 saturated carbocycles. The summed E-state index contributed by atoms with van der Waals surface area (Å²) in [5.41, 5.74) is 2.94. The molecular weight excluding hydrogens is 1110 g/mol. The first kappa shape index (κ1) is 85.4. The second kappa shape index (κ2) is 53.2. The third-order valence-corrected chi connectivity index (χ3v) is 25.2. The highest BCUT2D eigenvalue weighted by atomic mass is 14.6. The predicted molar refractivity (Wildman–Crippen MR) is 422 cm³/mol. The summed E-state index contributed by atoms with van der Waals surface area (Å²) in [6, 6.07) is 10.6. The molecule has 546 valence electrons. The molecule has 12 rings (SSSR count). The van der Waals surface area contributed by atoms with E-state index in [4.69, 9.17) is 2.74 Å². The lowest BCUT2D eigenvalue weighted by Gasteiger charge is -2.58. The van der Waals surface area contributed by atoms with Crippen LogP contribution in [-0.4, -0.2) is 0 Å². The SMILES string of the molecule is CC(C)C1(C)CCCC1.CC(C)C12CC3CC(CC(C3)C1)C2.CC(C)C1CCC1.CC(C)C1CCCC1.CC(C)C1CCCCC1.CC(C)C1CCCCCC1.CC(C)C1CCCCCCC1.CC(C)Cc1ccccc1.CCC.[2H]C(C)C.[2H]C1(C(C)C)CCCCC1. The van der Waals surface area contributed by atoms with E-state index in [0.717, 1.165) is 113 Å². The van der Waals surface area contributed by atoms with Crippen LogP contribution in [-0.2, 0) is 6.42 Å². The maximum Gasteiger partial charge on any atom is 0.0305 e. The standard InChI is InChI=1S/C13H22.C11H22.C10H14.C10H20.3C9H18.C8H16.C7H14.2C3H8/c1-9(2)13-6-10-3-11(7-13)5-12(4-10)8-13;1-10(2)11-8-6-4-3-5-7-9-11;1-9(2)8-10-6-4-3-5-7-10;1-9(2)10-7-5-3-4-6-8-10;1-8(2)9(3)6-4-5-7-9;2*1-8(2)9-6-4-3-5-7-9;1-7(2)8-5-3-4-6-8;1-6(2)7-4-3-5-7;2*1-3-2/h9-12H,3-8H2,1-2H3;10-11H,3-9H2,1-2H3;3-7,9H,8H2,1-2H3;9-10H,3-8H2,1-2H3;8H,4-7H2,1-3H3;2*8-9H,3-7H2,1-2H3;7-8H,3-6H2,1-2H3;6-7H,3-5H2,1-2H3;2*3H2,1-2H3/i;;;;;9D;;;;3D;. The molecule has 0 aromatic heterocycles. The molecule has 0 heterocycles. The molecule has 0 unspecified atom stereocenters. The maximum absolute atomic E-state index is 8.08. The van der Waals surface area contributed by atoms with Crippen molar-refractivity contribution in [3.05, 3.63) is 35.9 Å². The molecule has 11 aliphatic carbocycles. The molecule has 0 aliphatic heterocycles. The van der Waals surface area contributed by atoms with Gasteiger partial charge in [0, 0.05) is 2.74 Å². The molecule has 0 radical (unpaired) electrons. The molecule has 11 fully saturated rings. The Hall–Kier alpha value is -0.780. The van der Waals surface area contributed by atoms with Gasteiger partial charge in [-0.2, -0.15) is 0 Å². The zero-order valence-electron chi connectivity index (χ0n) is 70.0. The zero-order chi connectivity index (χ0) is 70.7. The lowest BCUT2D eigenvalue weighted by Crippen LogP contribution is -2.48. The first-order valence-corrected chi connectivity index (χ1v) is 42.4. The highest BCUT2D eigenvalue weighted by Gasteiger charge is 2.52. The van der Waals surface area contributed by atoms with E-state index in [2.05, 4.69) is 176 Å². The van der Waals surface area contributed by atoms with Crippen LogP contribution < -0.4 is 0 Å². The number of rotatable bonds is 10. The molecule has 0 heteroatoms. The molecule has 0 saturated heterocycles. The van der Waals surface area contributed by atoms with E-state index < -0.39 is 0 Å². The minimum Gasteiger partial charge on any atom is -0.0656 e. The summed E-state index contributed by atoms with van der Waals surface area (Å²) in [7, 11) is 0. The fourth-order valence-electron chi connectivity index (χ4n) is 18.0. The first-order valence-electron chi connectivity index (χ1n) is 43.5. The molecule has 0 spiro atoms. The highest BCUT2D eigenvalue weighted by molar-refractivity contribution is 5.14. The van der Waals surface area contributed by atoms with Crippen LogP contribution in [0.2, 0.25) is 0 Å². The van der Waals surface area contributed by atoms with Gasteiger partial charge in [0.2, 0.25) is 0 Å². The van der Waals surface area contributed by atoms with Gasteiger partial charge in [-0.3, -0.25) is 0 Å². The summed E-state index contributed by atoms with van der Waals surface area (Å²) in [5, 5.41) is 0. The van der Waals surface area contributed by atoms with Crippen LogP contribution in [0.15, 0.2) is 30.3 Å². The van der Waals surface area contributed by atoms with Crippen molar-refractivity contribution in [3.8, 4) is 0 Å². The molecule has 0 atom stereocenters. The van der Waals surface area contributed by atoms with Gasteiger partial charge in [0.05, 0.1) is 0 Å². The third-order valence-electron chi connectivity index (χ3n) is 25.2. The lowest BCUT2D eigenvalue weighted by atomic mass is 9.47. The lowest BCUT2D eigenvalue weighted by molar-refractivity contribution is -0.0789. The van der Waals surface area contributed by atoms with Gasteiger partial charge in [-0.25, -0.2) is 0 Å². The highest BCUT2D eigenvalue weighted by Crippen LogP contribution is 2.62. The van der Waals surface area contributed by atoms with Gasteiger partial charge in [0.1, 0.15) is 0 Å². The summed E-state index contributed by atoms with van der Waals surface area (Å²) in [4.78, 5) is 0. The molecule has 4 bridgehead atoms. The maximum atomic E-state index is 8.08. The Morgan fingerprint density at radius 1 is 0.359 bits per heavy atom. The Morgan fingerprint density at radius 2 is 0.620 bits per heavy atom. The van der Waals surface area contributed by atoms with Crippen molar-refractivity contribution >= 4 is 0 Å². The second-order valence-corrected chi connectivity index (χ2v) is 36.4. The van der Waals surface area contributed by atoms with Crippen LogP contribution >= 0.6 is 0 Å². The van der Waals surface area contributed by atoms with E-state index in [1.807, 2.05) is 13.8 Å². The Labute approximate surface area is 588 Å². The van der Waals surface area contributed by atoms with Crippen LogP contribution in [0.5, 0.6) is 0 Å². The fourth-order valence-corrected chi connectivity index (χ4v) is 18.0. The van der Waals surface area contributed by atoms with Crippen LogP contribution in [0.4, 0.5) is 0 Å². The van der Waals surface area contributed by atoms with Gasteiger partial charge in [0.25, 0.3) is 0 Å².